The highest BCUT2D eigenvalue weighted by molar-refractivity contribution is 5.86. The number of allylic oxidation sites excluding steroid dienone is 5. The fourth-order valence-corrected chi connectivity index (χ4v) is 4.28. The van der Waals surface area contributed by atoms with Crippen molar-refractivity contribution in [3.63, 3.8) is 0 Å². The maximum Gasteiger partial charge on any atom is 0.0435 e. The molecule has 0 radical (unpaired) electrons. The molecule has 3 aromatic carbocycles. The summed E-state index contributed by atoms with van der Waals surface area (Å²) in [6.45, 7) is 8.23. The highest BCUT2D eigenvalue weighted by Crippen LogP contribution is 2.52. The largest absolute Gasteiger partial charge is 0.0991 e. The smallest absolute Gasteiger partial charge is 0.0435 e. The molecule has 3 aromatic rings. The minimum atomic E-state index is -0.149. The lowest BCUT2D eigenvalue weighted by Gasteiger charge is -2.28. The first-order valence-electron chi connectivity index (χ1n) is 9.46. The lowest BCUT2D eigenvalue weighted by molar-refractivity contribution is 0.713. The zero-order valence-corrected chi connectivity index (χ0v) is 15.9. The molecule has 0 N–H and O–H groups in total. The van der Waals surface area contributed by atoms with Crippen LogP contribution in [0.3, 0.4) is 0 Å². The second-order valence-corrected chi connectivity index (χ2v) is 7.14. The van der Waals surface area contributed by atoms with Gasteiger partial charge in [-0.2, -0.15) is 0 Å². The molecule has 0 amide bonds. The first kappa shape index (κ1) is 17.3. The van der Waals surface area contributed by atoms with Gasteiger partial charge in [0.15, 0.2) is 0 Å². The Kier molecular flexibility index (Phi) is 4.41. The van der Waals surface area contributed by atoms with Gasteiger partial charge in [-0.25, -0.2) is 0 Å². The molecule has 0 heteroatoms. The third-order valence-corrected chi connectivity index (χ3v) is 5.72. The molecular formula is C27H24. The van der Waals surface area contributed by atoms with Gasteiger partial charge in [-0.05, 0) is 58.9 Å². The molecule has 1 aliphatic rings. The lowest BCUT2D eigenvalue weighted by Crippen LogP contribution is -2.22. The SMILES string of the molecule is C=C/C=C\C(=C/C)c1ccc2c(c1)C(C)(c1ccccc1)c1ccccc1-2. The second-order valence-electron chi connectivity index (χ2n) is 7.14. The summed E-state index contributed by atoms with van der Waals surface area (Å²) in [4.78, 5) is 0. The van der Waals surface area contributed by atoms with Crippen LogP contribution in [0.25, 0.3) is 16.7 Å². The molecule has 1 atom stereocenters. The van der Waals surface area contributed by atoms with Crippen LogP contribution in [0, 0.1) is 0 Å². The molecule has 0 nitrogen and oxygen atoms in total. The van der Waals surface area contributed by atoms with E-state index in [1.54, 1.807) is 0 Å². The van der Waals surface area contributed by atoms with E-state index in [4.69, 9.17) is 0 Å². The number of benzene rings is 3. The van der Waals surface area contributed by atoms with Crippen molar-refractivity contribution in [1.82, 2.24) is 0 Å². The Morgan fingerprint density at radius 2 is 1.56 bits per heavy atom. The van der Waals surface area contributed by atoms with Crippen LogP contribution in [0.4, 0.5) is 0 Å². The number of rotatable bonds is 4. The van der Waals surface area contributed by atoms with Crippen molar-refractivity contribution in [2.45, 2.75) is 19.3 Å². The fraction of sp³-hybridized carbons (Fsp3) is 0.111. The molecule has 132 valence electrons. The van der Waals surface area contributed by atoms with E-state index < -0.39 is 0 Å². The van der Waals surface area contributed by atoms with Gasteiger partial charge in [0, 0.05) is 5.41 Å². The van der Waals surface area contributed by atoms with Crippen molar-refractivity contribution in [3.8, 4) is 11.1 Å². The van der Waals surface area contributed by atoms with Crippen LogP contribution in [-0.2, 0) is 5.41 Å². The van der Waals surface area contributed by atoms with Gasteiger partial charge in [0.25, 0.3) is 0 Å². The third-order valence-electron chi connectivity index (χ3n) is 5.72. The van der Waals surface area contributed by atoms with Crippen LogP contribution in [0.2, 0.25) is 0 Å². The standard InChI is InChI=1S/C27H24/c1-4-6-12-20(5-2)21-17-18-24-23-15-10-11-16-25(23)27(3,26(24)19-21)22-13-8-7-9-14-22/h4-19H,1H2,2-3H3/b12-6-,20-5+. The normalized spacial score (nSPS) is 18.4. The van der Waals surface area contributed by atoms with E-state index in [-0.39, 0.29) is 5.41 Å². The highest BCUT2D eigenvalue weighted by Gasteiger charge is 2.40. The number of fused-ring (bicyclic) bond motifs is 3. The van der Waals surface area contributed by atoms with E-state index in [1.165, 1.54) is 39.0 Å². The van der Waals surface area contributed by atoms with Crippen molar-refractivity contribution >= 4 is 5.57 Å². The molecule has 0 heterocycles. The Bertz CT molecular complexity index is 1050. The van der Waals surface area contributed by atoms with Gasteiger partial charge in [0.05, 0.1) is 0 Å². The molecule has 0 saturated heterocycles. The zero-order valence-electron chi connectivity index (χ0n) is 15.9. The molecule has 1 aliphatic carbocycles. The summed E-state index contributed by atoms with van der Waals surface area (Å²) < 4.78 is 0. The average Bonchev–Trinajstić information content (AvgIpc) is 2.99. The zero-order chi connectivity index (χ0) is 18.9. The molecule has 1 unspecified atom stereocenters. The van der Waals surface area contributed by atoms with Crippen molar-refractivity contribution in [2.24, 2.45) is 0 Å². The summed E-state index contributed by atoms with van der Waals surface area (Å²) in [6.07, 6.45) is 8.09. The van der Waals surface area contributed by atoms with Crippen molar-refractivity contribution in [3.05, 3.63) is 126 Å². The number of hydrogen-bond acceptors (Lipinski definition) is 0. The molecule has 0 bridgehead atoms. The van der Waals surface area contributed by atoms with E-state index in [0.717, 1.165) is 0 Å². The van der Waals surface area contributed by atoms with Gasteiger partial charge in [-0.3, -0.25) is 0 Å². The summed E-state index contributed by atoms with van der Waals surface area (Å²) in [7, 11) is 0. The van der Waals surface area contributed by atoms with Gasteiger partial charge in [0.1, 0.15) is 0 Å². The Balaban J connectivity index is 1.97. The quantitative estimate of drug-likeness (QED) is 0.439. The predicted octanol–water partition coefficient (Wildman–Crippen LogP) is 7.17. The Labute approximate surface area is 162 Å². The molecular weight excluding hydrogens is 324 g/mol. The summed E-state index contributed by atoms with van der Waals surface area (Å²) in [5, 5.41) is 0. The molecule has 0 aliphatic heterocycles. The summed E-state index contributed by atoms with van der Waals surface area (Å²) in [5.74, 6) is 0. The Hall–Kier alpha value is -3.12. The Morgan fingerprint density at radius 3 is 2.30 bits per heavy atom. The van der Waals surface area contributed by atoms with Gasteiger partial charge >= 0.3 is 0 Å². The van der Waals surface area contributed by atoms with E-state index in [2.05, 4.69) is 105 Å². The summed E-state index contributed by atoms with van der Waals surface area (Å²) in [6, 6.07) is 26.5. The van der Waals surface area contributed by atoms with Crippen molar-refractivity contribution in [1.29, 1.82) is 0 Å². The van der Waals surface area contributed by atoms with Crippen LogP contribution in [0.1, 0.15) is 36.1 Å². The van der Waals surface area contributed by atoms with Crippen LogP contribution < -0.4 is 0 Å². The van der Waals surface area contributed by atoms with E-state index >= 15 is 0 Å². The van der Waals surface area contributed by atoms with Crippen LogP contribution in [-0.4, -0.2) is 0 Å². The molecule has 0 spiro atoms. The van der Waals surface area contributed by atoms with E-state index in [9.17, 15) is 0 Å². The second kappa shape index (κ2) is 6.89. The van der Waals surface area contributed by atoms with Gasteiger partial charge in [-0.1, -0.05) is 97.6 Å². The number of hydrogen-bond donors (Lipinski definition) is 0. The average molecular weight is 348 g/mol. The van der Waals surface area contributed by atoms with Gasteiger partial charge in [-0.15, -0.1) is 0 Å². The summed E-state index contributed by atoms with van der Waals surface area (Å²) in [5.41, 5.74) is 9.07. The minimum Gasteiger partial charge on any atom is -0.0991 e. The third kappa shape index (κ3) is 2.69. The highest BCUT2D eigenvalue weighted by atomic mass is 14.4. The minimum absolute atomic E-state index is 0.149. The Morgan fingerprint density at radius 1 is 0.852 bits per heavy atom. The maximum atomic E-state index is 3.79. The first-order valence-corrected chi connectivity index (χ1v) is 9.46. The van der Waals surface area contributed by atoms with Crippen LogP contribution in [0.5, 0.6) is 0 Å². The molecule has 0 aromatic heterocycles. The van der Waals surface area contributed by atoms with Gasteiger partial charge < -0.3 is 0 Å². The summed E-state index contributed by atoms with van der Waals surface area (Å²) >= 11 is 0. The first-order chi connectivity index (χ1) is 13.2. The molecule has 27 heavy (non-hydrogen) atoms. The van der Waals surface area contributed by atoms with Gasteiger partial charge in [0.2, 0.25) is 0 Å². The predicted molar refractivity (Wildman–Crippen MR) is 117 cm³/mol. The van der Waals surface area contributed by atoms with Crippen LogP contribution >= 0.6 is 0 Å². The van der Waals surface area contributed by atoms with E-state index in [1.807, 2.05) is 12.2 Å². The molecule has 0 saturated carbocycles. The molecule has 4 rings (SSSR count). The van der Waals surface area contributed by atoms with Crippen molar-refractivity contribution < 1.29 is 0 Å². The fourth-order valence-electron chi connectivity index (χ4n) is 4.28. The maximum absolute atomic E-state index is 3.79. The van der Waals surface area contributed by atoms with Crippen LogP contribution in [0.15, 0.2) is 104 Å². The monoisotopic (exact) mass is 348 g/mol. The van der Waals surface area contributed by atoms with E-state index in [0.29, 0.717) is 0 Å². The topological polar surface area (TPSA) is 0 Å². The molecule has 0 fully saturated rings. The lowest BCUT2D eigenvalue weighted by atomic mass is 9.74. The van der Waals surface area contributed by atoms with Crippen molar-refractivity contribution in [2.75, 3.05) is 0 Å².